The molecule has 0 radical (unpaired) electrons. The Bertz CT molecular complexity index is 1880. The third kappa shape index (κ3) is 21.2. The number of phenolic OH excluding ortho intramolecular Hbond substituents is 1. The molecular formula is C50H82N8O12. The molecule has 2 rings (SSSR count). The van der Waals surface area contributed by atoms with Gasteiger partial charge in [-0.1, -0.05) is 97.1 Å². The third-order valence-electron chi connectivity index (χ3n) is 12.3. The van der Waals surface area contributed by atoms with Crippen LogP contribution in [0.1, 0.15) is 150 Å². The largest absolute Gasteiger partial charge is 0.508 e. The van der Waals surface area contributed by atoms with E-state index in [0.717, 1.165) is 19.3 Å². The molecule has 20 nitrogen and oxygen atoms in total. The van der Waals surface area contributed by atoms with Crippen LogP contribution in [-0.4, -0.2) is 141 Å². The molecular weight excluding hydrogens is 905 g/mol. The number of likely N-dealkylation sites (tertiary alicyclic amines) is 1. The molecule has 1 aliphatic rings. The van der Waals surface area contributed by atoms with Crippen LogP contribution >= 0.6 is 0 Å². The number of aromatic hydroxyl groups is 1. The Morgan fingerprint density at radius 3 is 1.71 bits per heavy atom. The Labute approximate surface area is 413 Å². The highest BCUT2D eigenvalue weighted by Gasteiger charge is 2.42. The standard InChI is InChI=1S/C50H82N8O12/c1-9-10-11-12-13-14-15-16-17-18-19-22-40(62)54-37(28-30(2)3)46(66)57-42(34(7)60)50(70)58-27-20-21-39(58)47(67)56-41(33(6)59)48(68)53-32(5)44(64)55-38(29-35-23-25-36(61)26-24-35)45(65)52-31(4)43(63)49(69)51-8/h23-26,30-34,37-39,41-42,59-61H,9-22,27-29H2,1-8H3,(H,51,69)(H,52,65)(H,53,68)(H,54,62)(H,55,64)(H,56,67)(H,57,66)/t31?,32-,33?,34?,37-,38-,39+,41-,42-/m0/s1. The number of nitrogens with zero attached hydrogens (tertiary/aromatic N) is 1. The van der Waals surface area contributed by atoms with Gasteiger partial charge < -0.3 is 57.4 Å². The molecule has 9 atom stereocenters. The number of phenols is 1. The van der Waals surface area contributed by atoms with Gasteiger partial charge in [0.15, 0.2) is 0 Å². The van der Waals surface area contributed by atoms with Crippen molar-refractivity contribution in [2.45, 2.75) is 206 Å². The second-order valence-electron chi connectivity index (χ2n) is 19.0. The molecule has 0 bridgehead atoms. The molecule has 0 aromatic heterocycles. The molecule has 3 unspecified atom stereocenters. The maximum Gasteiger partial charge on any atom is 0.289 e. The lowest BCUT2D eigenvalue weighted by Crippen LogP contribution is -2.62. The summed E-state index contributed by atoms with van der Waals surface area (Å²) in [5.41, 5.74) is 0.503. The van der Waals surface area contributed by atoms with Crippen molar-refractivity contribution in [2.24, 2.45) is 5.92 Å². The van der Waals surface area contributed by atoms with Gasteiger partial charge in [-0.05, 0) is 77.0 Å². The number of Topliss-reactive ketones (excluding diaryl/α,β-unsaturated/α-hetero) is 1. The van der Waals surface area contributed by atoms with E-state index in [2.05, 4.69) is 44.1 Å². The zero-order valence-corrected chi connectivity index (χ0v) is 42.6. The van der Waals surface area contributed by atoms with Gasteiger partial charge in [0, 0.05) is 26.4 Å². The first kappa shape index (κ1) is 60.5. The number of aliphatic hydroxyl groups excluding tert-OH is 2. The van der Waals surface area contributed by atoms with E-state index in [0.29, 0.717) is 18.4 Å². The third-order valence-corrected chi connectivity index (χ3v) is 12.3. The number of nitrogens with one attached hydrogen (secondary N) is 7. The predicted molar refractivity (Wildman–Crippen MR) is 262 cm³/mol. The predicted octanol–water partition coefficient (Wildman–Crippen LogP) is 1.70. The van der Waals surface area contributed by atoms with Crippen molar-refractivity contribution in [1.29, 1.82) is 0 Å². The fourth-order valence-corrected chi connectivity index (χ4v) is 8.14. The minimum absolute atomic E-state index is 0.00829. The van der Waals surface area contributed by atoms with Crippen LogP contribution in [0, 0.1) is 5.92 Å². The highest BCUT2D eigenvalue weighted by Crippen LogP contribution is 2.21. The van der Waals surface area contributed by atoms with Crippen molar-refractivity contribution in [3.05, 3.63) is 29.8 Å². The molecule has 1 aromatic rings. The molecule has 8 amide bonds. The maximum absolute atomic E-state index is 14.0. The van der Waals surface area contributed by atoms with Crippen LogP contribution < -0.4 is 37.2 Å². The summed E-state index contributed by atoms with van der Waals surface area (Å²) in [7, 11) is 1.25. The molecule has 70 heavy (non-hydrogen) atoms. The summed E-state index contributed by atoms with van der Waals surface area (Å²) >= 11 is 0. The number of carbonyl (C=O) groups is 9. The molecule has 1 heterocycles. The Morgan fingerprint density at radius 1 is 0.629 bits per heavy atom. The second-order valence-corrected chi connectivity index (χ2v) is 19.0. The van der Waals surface area contributed by atoms with Crippen LogP contribution in [0.3, 0.4) is 0 Å². The summed E-state index contributed by atoms with van der Waals surface area (Å²) in [5, 5.41) is 48.6. The Hall–Kier alpha value is -5.63. The van der Waals surface area contributed by atoms with Crippen molar-refractivity contribution < 1.29 is 58.5 Å². The molecule has 394 valence electrons. The normalized spacial score (nSPS) is 16.8. The van der Waals surface area contributed by atoms with Gasteiger partial charge in [0.1, 0.15) is 42.0 Å². The number of amides is 8. The van der Waals surface area contributed by atoms with E-state index < -0.39 is 102 Å². The summed E-state index contributed by atoms with van der Waals surface area (Å²) in [4.78, 5) is 120. The fraction of sp³-hybridized carbons (Fsp3) is 0.700. The van der Waals surface area contributed by atoms with Gasteiger partial charge in [0.2, 0.25) is 47.1 Å². The zero-order valence-electron chi connectivity index (χ0n) is 42.6. The smallest absolute Gasteiger partial charge is 0.289 e. The maximum atomic E-state index is 14.0. The highest BCUT2D eigenvalue weighted by atomic mass is 16.3. The number of carbonyl (C=O) groups excluding carboxylic acids is 9. The van der Waals surface area contributed by atoms with Gasteiger partial charge in [0.25, 0.3) is 5.91 Å². The van der Waals surface area contributed by atoms with Crippen LogP contribution in [0.25, 0.3) is 0 Å². The molecule has 10 N–H and O–H groups in total. The number of aliphatic hydroxyl groups is 2. The lowest BCUT2D eigenvalue weighted by Gasteiger charge is -2.32. The number of likely N-dealkylation sites (N-methyl/N-ethyl adjacent to an activating group) is 1. The molecule has 1 fully saturated rings. The number of hydrogen-bond acceptors (Lipinski definition) is 12. The highest BCUT2D eigenvalue weighted by molar-refractivity contribution is 6.38. The van der Waals surface area contributed by atoms with Gasteiger partial charge in [0.05, 0.1) is 18.2 Å². The summed E-state index contributed by atoms with van der Waals surface area (Å²) in [5.74, 6) is -7.17. The van der Waals surface area contributed by atoms with E-state index >= 15 is 0 Å². The SMILES string of the molecule is CCCCCCCCCCCCCC(=O)N[C@@H](CC(C)C)C(=O)N[C@H](C(=O)N1CCC[C@@H]1C(=O)N[C@H](C(=O)N[C@@H](C)C(=O)N[C@@H](Cc1ccc(O)cc1)C(=O)NC(C)C(=O)C(=O)NC)C(C)O)C(C)O. The van der Waals surface area contributed by atoms with E-state index in [1.54, 1.807) is 0 Å². The summed E-state index contributed by atoms with van der Waals surface area (Å²) in [6.07, 6.45) is 10.4. The molecule has 1 saturated heterocycles. The first-order valence-electron chi connectivity index (χ1n) is 25.1. The van der Waals surface area contributed by atoms with Crippen LogP contribution in [0.2, 0.25) is 0 Å². The number of ketones is 1. The summed E-state index contributed by atoms with van der Waals surface area (Å²) in [6, 6.07) is -3.50. The first-order valence-corrected chi connectivity index (χ1v) is 25.1. The Morgan fingerprint density at radius 2 is 1.17 bits per heavy atom. The van der Waals surface area contributed by atoms with Crippen molar-refractivity contribution in [1.82, 2.24) is 42.1 Å². The number of unbranched alkanes of at least 4 members (excludes halogenated alkanes) is 10. The molecule has 0 spiro atoms. The molecule has 1 aromatic carbocycles. The van der Waals surface area contributed by atoms with Gasteiger partial charge in [-0.2, -0.15) is 0 Å². The van der Waals surface area contributed by atoms with Gasteiger partial charge >= 0.3 is 0 Å². The quantitative estimate of drug-likeness (QED) is 0.0365. The average molecular weight is 987 g/mol. The van der Waals surface area contributed by atoms with Gasteiger partial charge in [-0.25, -0.2) is 0 Å². The molecule has 1 aliphatic heterocycles. The monoisotopic (exact) mass is 987 g/mol. The van der Waals surface area contributed by atoms with Crippen molar-refractivity contribution in [2.75, 3.05) is 13.6 Å². The first-order chi connectivity index (χ1) is 33.1. The van der Waals surface area contributed by atoms with Crippen LogP contribution in [0.15, 0.2) is 24.3 Å². The average Bonchev–Trinajstić information content (AvgIpc) is 3.81. The zero-order chi connectivity index (χ0) is 52.5. The lowest BCUT2D eigenvalue weighted by atomic mass is 10.0. The Kier molecular flexibility index (Phi) is 27.3. The molecule has 0 saturated carbocycles. The van der Waals surface area contributed by atoms with Gasteiger partial charge in [-0.15, -0.1) is 0 Å². The van der Waals surface area contributed by atoms with Crippen LogP contribution in [-0.2, 0) is 49.6 Å². The van der Waals surface area contributed by atoms with Crippen LogP contribution in [0.5, 0.6) is 5.75 Å². The number of hydrogen-bond donors (Lipinski definition) is 10. The van der Waals surface area contributed by atoms with Crippen molar-refractivity contribution in [3.8, 4) is 5.75 Å². The van der Waals surface area contributed by atoms with E-state index in [1.807, 2.05) is 13.8 Å². The number of benzene rings is 1. The van der Waals surface area contributed by atoms with Crippen molar-refractivity contribution >= 4 is 53.0 Å². The van der Waals surface area contributed by atoms with Gasteiger partial charge in [-0.3, -0.25) is 43.2 Å². The summed E-state index contributed by atoms with van der Waals surface area (Å²) in [6.45, 7) is 11.2. The van der Waals surface area contributed by atoms with E-state index in [1.165, 1.54) is 109 Å². The Balaban J connectivity index is 2.09. The second kappa shape index (κ2) is 31.6. The minimum atomic E-state index is -1.63. The fourth-order valence-electron chi connectivity index (χ4n) is 8.14. The molecule has 20 heteroatoms. The lowest BCUT2D eigenvalue weighted by molar-refractivity contribution is -0.145. The van der Waals surface area contributed by atoms with Crippen molar-refractivity contribution in [3.63, 3.8) is 0 Å². The van der Waals surface area contributed by atoms with E-state index in [9.17, 15) is 58.5 Å². The summed E-state index contributed by atoms with van der Waals surface area (Å²) < 4.78 is 0. The van der Waals surface area contributed by atoms with E-state index in [4.69, 9.17) is 0 Å². The topological polar surface area (TPSA) is 302 Å². The van der Waals surface area contributed by atoms with E-state index in [-0.39, 0.29) is 49.8 Å². The molecule has 0 aliphatic carbocycles. The number of rotatable bonds is 32. The van der Waals surface area contributed by atoms with Crippen LogP contribution in [0.4, 0.5) is 0 Å². The minimum Gasteiger partial charge on any atom is -0.508 e.